The van der Waals surface area contributed by atoms with Crippen molar-refractivity contribution >= 4 is 53.4 Å². The predicted molar refractivity (Wildman–Crippen MR) is 233 cm³/mol. The number of thiophene rings is 1. The minimum absolute atomic E-state index is 0.634. The van der Waals surface area contributed by atoms with E-state index >= 15 is 0 Å². The molecule has 8 aromatic carbocycles. The van der Waals surface area contributed by atoms with Gasteiger partial charge in [0, 0.05) is 53.2 Å². The average molecular weight is 734 g/mol. The standard InChI is InChI=1S/C51H31N3OS/c1-4-15-32(16-5-1)38-30-29-37(35-21-12-22-36(31-35)51-53-49(33-17-6-2-7-18-33)52-50(54-51)34-19-8-3-9-20-34)46-42-26-13-25-40(47(42)56-48(38)46)39-24-14-28-44-45(39)41-23-10-11-27-43(41)55-44/h1-31H. The Morgan fingerprint density at radius 3 is 1.57 bits per heavy atom. The number of para-hydroxylation sites is 1. The highest BCUT2D eigenvalue weighted by Crippen LogP contribution is 2.49. The highest BCUT2D eigenvalue weighted by molar-refractivity contribution is 7.27. The minimum atomic E-state index is 0.634. The molecule has 0 saturated heterocycles. The fraction of sp³-hybridized carbons (Fsp3) is 0. The van der Waals surface area contributed by atoms with Gasteiger partial charge in [0.25, 0.3) is 0 Å². The molecule has 3 heterocycles. The van der Waals surface area contributed by atoms with Crippen molar-refractivity contribution in [2.75, 3.05) is 0 Å². The number of fused-ring (bicyclic) bond motifs is 6. The van der Waals surface area contributed by atoms with E-state index in [0.29, 0.717) is 17.5 Å². The van der Waals surface area contributed by atoms with Crippen LogP contribution in [0.5, 0.6) is 0 Å². The van der Waals surface area contributed by atoms with Gasteiger partial charge >= 0.3 is 0 Å². The van der Waals surface area contributed by atoms with Crippen molar-refractivity contribution in [2.24, 2.45) is 0 Å². The molecule has 0 spiro atoms. The van der Waals surface area contributed by atoms with Gasteiger partial charge < -0.3 is 4.42 Å². The molecule has 0 bridgehead atoms. The van der Waals surface area contributed by atoms with E-state index in [1.54, 1.807) is 0 Å². The van der Waals surface area contributed by atoms with Crippen LogP contribution in [0.2, 0.25) is 0 Å². The van der Waals surface area contributed by atoms with Crippen LogP contribution in [0.15, 0.2) is 192 Å². The molecule has 0 aliphatic rings. The summed E-state index contributed by atoms with van der Waals surface area (Å²) in [6.45, 7) is 0. The predicted octanol–water partition coefficient (Wildman–Crippen LogP) is 14.1. The Hall–Kier alpha value is -7.21. The molecule has 11 rings (SSSR count). The number of aromatic nitrogens is 3. The van der Waals surface area contributed by atoms with Gasteiger partial charge in [-0.05, 0) is 46.0 Å². The Kier molecular flexibility index (Phi) is 7.64. The maximum absolute atomic E-state index is 6.34. The normalized spacial score (nSPS) is 11.6. The first-order chi connectivity index (χ1) is 27.8. The number of nitrogens with zero attached hydrogens (tertiary/aromatic N) is 3. The maximum atomic E-state index is 6.34. The number of benzene rings is 8. The van der Waals surface area contributed by atoms with E-state index in [-0.39, 0.29) is 0 Å². The molecule has 0 N–H and O–H groups in total. The zero-order chi connectivity index (χ0) is 37.0. The first kappa shape index (κ1) is 32.2. The largest absolute Gasteiger partial charge is 0.456 e. The summed E-state index contributed by atoms with van der Waals surface area (Å²) in [5, 5.41) is 4.73. The molecular formula is C51H31N3OS. The molecule has 0 radical (unpaired) electrons. The van der Waals surface area contributed by atoms with Gasteiger partial charge in [0.2, 0.25) is 0 Å². The van der Waals surface area contributed by atoms with Crippen molar-refractivity contribution in [3.05, 3.63) is 188 Å². The van der Waals surface area contributed by atoms with E-state index in [1.807, 2.05) is 84.1 Å². The molecule has 5 heteroatoms. The van der Waals surface area contributed by atoms with Crippen molar-refractivity contribution in [1.82, 2.24) is 15.0 Å². The highest BCUT2D eigenvalue weighted by Gasteiger charge is 2.21. The molecular weight excluding hydrogens is 703 g/mol. The van der Waals surface area contributed by atoms with E-state index < -0.39 is 0 Å². The molecule has 0 fully saturated rings. The molecule has 11 aromatic rings. The topological polar surface area (TPSA) is 51.8 Å². The lowest BCUT2D eigenvalue weighted by Gasteiger charge is -2.12. The molecule has 0 saturated carbocycles. The van der Waals surface area contributed by atoms with Crippen molar-refractivity contribution in [1.29, 1.82) is 0 Å². The van der Waals surface area contributed by atoms with E-state index in [9.17, 15) is 0 Å². The number of rotatable bonds is 6. The van der Waals surface area contributed by atoms with Crippen LogP contribution in [0.25, 0.3) is 110 Å². The molecule has 4 nitrogen and oxygen atoms in total. The third kappa shape index (κ3) is 5.40. The molecule has 56 heavy (non-hydrogen) atoms. The second-order valence-electron chi connectivity index (χ2n) is 13.9. The van der Waals surface area contributed by atoms with E-state index in [2.05, 4.69) is 115 Å². The van der Waals surface area contributed by atoms with E-state index in [0.717, 1.165) is 49.8 Å². The molecule has 0 unspecified atom stereocenters. The molecule has 262 valence electrons. The zero-order valence-corrected chi connectivity index (χ0v) is 30.9. The number of hydrogen-bond acceptors (Lipinski definition) is 5. The summed E-state index contributed by atoms with van der Waals surface area (Å²) in [7, 11) is 0. The molecule has 3 aromatic heterocycles. The molecule has 0 amide bonds. The zero-order valence-electron chi connectivity index (χ0n) is 30.1. The highest BCUT2D eigenvalue weighted by atomic mass is 32.1. The third-order valence-electron chi connectivity index (χ3n) is 10.6. The van der Waals surface area contributed by atoms with Crippen LogP contribution in [0, 0.1) is 0 Å². The maximum Gasteiger partial charge on any atom is 0.164 e. The second kappa shape index (κ2) is 13.3. The van der Waals surface area contributed by atoms with E-state index in [4.69, 9.17) is 19.4 Å². The first-order valence-electron chi connectivity index (χ1n) is 18.7. The Balaban J connectivity index is 1.14. The number of hydrogen-bond donors (Lipinski definition) is 0. The summed E-state index contributed by atoms with van der Waals surface area (Å²) in [6.07, 6.45) is 0. The lowest BCUT2D eigenvalue weighted by Crippen LogP contribution is -2.00. The van der Waals surface area contributed by atoms with Gasteiger partial charge in [0.1, 0.15) is 11.2 Å². The quantitative estimate of drug-likeness (QED) is 0.171. The minimum Gasteiger partial charge on any atom is -0.456 e. The van der Waals surface area contributed by atoms with Gasteiger partial charge in [0.15, 0.2) is 17.5 Å². The van der Waals surface area contributed by atoms with Crippen LogP contribution in [0.3, 0.4) is 0 Å². The first-order valence-corrected chi connectivity index (χ1v) is 19.5. The van der Waals surface area contributed by atoms with Crippen LogP contribution >= 0.6 is 11.3 Å². The van der Waals surface area contributed by atoms with Crippen LogP contribution < -0.4 is 0 Å². The van der Waals surface area contributed by atoms with Crippen LogP contribution in [0.1, 0.15) is 0 Å². The summed E-state index contributed by atoms with van der Waals surface area (Å²) in [4.78, 5) is 15.0. The Morgan fingerprint density at radius 2 is 0.839 bits per heavy atom. The monoisotopic (exact) mass is 733 g/mol. The van der Waals surface area contributed by atoms with Gasteiger partial charge in [-0.1, -0.05) is 170 Å². The van der Waals surface area contributed by atoms with Crippen LogP contribution in [-0.4, -0.2) is 15.0 Å². The van der Waals surface area contributed by atoms with Gasteiger partial charge in [-0.15, -0.1) is 11.3 Å². The van der Waals surface area contributed by atoms with E-state index in [1.165, 1.54) is 42.4 Å². The van der Waals surface area contributed by atoms with Crippen molar-refractivity contribution in [3.8, 4) is 67.5 Å². The van der Waals surface area contributed by atoms with Gasteiger partial charge in [0.05, 0.1) is 0 Å². The Bertz CT molecular complexity index is 3180. The lowest BCUT2D eigenvalue weighted by atomic mass is 9.92. The average Bonchev–Trinajstić information content (AvgIpc) is 3.86. The lowest BCUT2D eigenvalue weighted by molar-refractivity contribution is 0.669. The Labute approximate surface area is 327 Å². The summed E-state index contributed by atoms with van der Waals surface area (Å²) < 4.78 is 8.84. The third-order valence-corrected chi connectivity index (χ3v) is 11.8. The van der Waals surface area contributed by atoms with Gasteiger partial charge in [-0.25, -0.2) is 15.0 Å². The Morgan fingerprint density at radius 1 is 0.321 bits per heavy atom. The fourth-order valence-electron chi connectivity index (χ4n) is 7.96. The fourth-order valence-corrected chi connectivity index (χ4v) is 9.35. The van der Waals surface area contributed by atoms with Gasteiger partial charge in [-0.3, -0.25) is 0 Å². The van der Waals surface area contributed by atoms with Crippen molar-refractivity contribution in [3.63, 3.8) is 0 Å². The SMILES string of the molecule is c1ccc(-c2nc(-c3ccccc3)nc(-c3cccc(-c4ccc(-c5ccccc5)c5sc6c(-c7cccc8oc9ccccc9c78)cccc6c45)c3)n2)cc1. The summed E-state index contributed by atoms with van der Waals surface area (Å²) in [6, 6.07) is 65.6. The van der Waals surface area contributed by atoms with Crippen molar-refractivity contribution in [2.45, 2.75) is 0 Å². The molecule has 0 aliphatic heterocycles. The summed E-state index contributed by atoms with van der Waals surface area (Å²) in [5.41, 5.74) is 11.7. The van der Waals surface area contributed by atoms with Crippen LogP contribution in [-0.2, 0) is 0 Å². The summed E-state index contributed by atoms with van der Waals surface area (Å²) >= 11 is 1.87. The van der Waals surface area contributed by atoms with Crippen molar-refractivity contribution < 1.29 is 4.42 Å². The number of furan rings is 1. The molecule has 0 aliphatic carbocycles. The second-order valence-corrected chi connectivity index (χ2v) is 14.9. The van der Waals surface area contributed by atoms with Crippen LogP contribution in [0.4, 0.5) is 0 Å². The summed E-state index contributed by atoms with van der Waals surface area (Å²) in [5.74, 6) is 1.92. The molecule has 0 atom stereocenters. The van der Waals surface area contributed by atoms with Gasteiger partial charge in [-0.2, -0.15) is 0 Å². The smallest absolute Gasteiger partial charge is 0.164 e.